The molecule has 324 valence electrons. The predicted molar refractivity (Wildman–Crippen MR) is 235 cm³/mol. The van der Waals surface area contributed by atoms with E-state index in [1.165, 1.54) is 148 Å². The zero-order chi connectivity index (χ0) is 39.8. The number of esters is 1. The predicted octanol–water partition coefficient (Wildman–Crippen LogP) is 13.8. The SMILES string of the molecule is CCCCCCCCCOC(=O)CCCCCCCN(CCCCCCC[C-]=O)CCC(=NCC)ON.CCCCCCCC[CH-]CCCCCCCC.[U+2]. The van der Waals surface area contributed by atoms with Gasteiger partial charge in [0.25, 0.3) is 0 Å². The van der Waals surface area contributed by atoms with Crippen molar-refractivity contribution >= 4 is 18.2 Å². The third kappa shape index (κ3) is 51.6. The van der Waals surface area contributed by atoms with Gasteiger partial charge in [0, 0.05) is 25.9 Å². The van der Waals surface area contributed by atoms with Crippen LogP contribution in [-0.4, -0.2) is 55.8 Å². The number of unbranched alkanes of at least 4 members (excludes halogenated alkanes) is 29. The molecule has 2 N–H and O–H groups in total. The number of ether oxygens (including phenoxy) is 1. The molecule has 0 aliphatic heterocycles. The fourth-order valence-corrected chi connectivity index (χ4v) is 6.74. The molecule has 0 aromatic heterocycles. The number of rotatable bonds is 42. The summed E-state index contributed by atoms with van der Waals surface area (Å²) in [6.07, 6.45) is 46.0. The van der Waals surface area contributed by atoms with E-state index < -0.39 is 0 Å². The number of carbonyl (C=O) groups excluding carboxylic acids is 2. The van der Waals surface area contributed by atoms with Gasteiger partial charge in [-0.05, 0) is 45.7 Å². The van der Waals surface area contributed by atoms with Crippen LogP contribution in [0.2, 0.25) is 0 Å². The van der Waals surface area contributed by atoms with E-state index >= 15 is 0 Å². The molecule has 0 aliphatic carbocycles. The topological polar surface area (TPSA) is 94.2 Å². The average molecular weight is 1000 g/mol. The van der Waals surface area contributed by atoms with Gasteiger partial charge in [-0.3, -0.25) is 16.1 Å². The van der Waals surface area contributed by atoms with E-state index in [1.807, 2.05) is 13.2 Å². The largest absolute Gasteiger partial charge is 2.00 e. The van der Waals surface area contributed by atoms with Gasteiger partial charge in [0.2, 0.25) is 5.90 Å². The van der Waals surface area contributed by atoms with Gasteiger partial charge in [0.05, 0.1) is 6.61 Å². The number of hydrogen-bond acceptors (Lipinski definition) is 7. The zero-order valence-corrected chi connectivity index (χ0v) is 41.4. The Bertz CT molecular complexity index is 756. The number of carbonyl (C=O) groups is 1. The molecular weight excluding hydrogens is 909 g/mol. The first-order chi connectivity index (χ1) is 26.6. The molecule has 0 bridgehead atoms. The van der Waals surface area contributed by atoms with Crippen molar-refractivity contribution in [1.82, 2.24) is 4.90 Å². The van der Waals surface area contributed by atoms with Crippen molar-refractivity contribution < 1.29 is 50.3 Å². The van der Waals surface area contributed by atoms with Crippen LogP contribution in [0.3, 0.4) is 0 Å². The van der Waals surface area contributed by atoms with Crippen molar-refractivity contribution in [3.8, 4) is 0 Å². The van der Waals surface area contributed by atoms with Gasteiger partial charge in [0.1, 0.15) is 0 Å². The second-order valence-electron chi connectivity index (χ2n) is 15.5. The van der Waals surface area contributed by atoms with Crippen molar-refractivity contribution in [2.24, 2.45) is 10.9 Å². The van der Waals surface area contributed by atoms with Crippen LogP contribution < -0.4 is 5.90 Å². The van der Waals surface area contributed by atoms with Gasteiger partial charge in [0.15, 0.2) is 0 Å². The molecule has 0 heterocycles. The summed E-state index contributed by atoms with van der Waals surface area (Å²) in [4.78, 5) is 33.9. The van der Waals surface area contributed by atoms with Crippen molar-refractivity contribution in [3.63, 3.8) is 0 Å². The smallest absolute Gasteiger partial charge is 0.542 e. The number of nitrogens with two attached hydrogens (primary N) is 1. The molecule has 7 nitrogen and oxygen atoms in total. The van der Waals surface area contributed by atoms with E-state index in [0.29, 0.717) is 31.9 Å². The second-order valence-corrected chi connectivity index (χ2v) is 15.5. The average Bonchev–Trinajstić information content (AvgIpc) is 3.18. The summed E-state index contributed by atoms with van der Waals surface area (Å²) in [5.74, 6) is 5.95. The van der Waals surface area contributed by atoms with Crippen LogP contribution >= 0.6 is 0 Å². The van der Waals surface area contributed by atoms with Gasteiger partial charge < -0.3 is 25.7 Å². The molecule has 0 atom stereocenters. The normalized spacial score (nSPS) is 11.3. The molecule has 0 aromatic rings. The van der Waals surface area contributed by atoms with E-state index in [-0.39, 0.29) is 37.1 Å². The first-order valence-electron chi connectivity index (χ1n) is 23.5. The Morgan fingerprint density at radius 2 is 1.00 bits per heavy atom. The van der Waals surface area contributed by atoms with Gasteiger partial charge in [-0.15, -0.1) is 0 Å². The summed E-state index contributed by atoms with van der Waals surface area (Å²) in [5, 5.41) is 0. The van der Waals surface area contributed by atoms with Crippen LogP contribution in [0.5, 0.6) is 0 Å². The summed E-state index contributed by atoms with van der Waals surface area (Å²) >= 11 is 0. The summed E-state index contributed by atoms with van der Waals surface area (Å²) in [5.41, 5.74) is 0. The molecule has 0 amide bonds. The summed E-state index contributed by atoms with van der Waals surface area (Å²) in [6, 6.07) is 0. The van der Waals surface area contributed by atoms with Crippen molar-refractivity contribution in [1.29, 1.82) is 0 Å². The molecule has 55 heavy (non-hydrogen) atoms. The van der Waals surface area contributed by atoms with Gasteiger partial charge in [-0.25, -0.2) is 0 Å². The molecule has 8 heteroatoms. The standard InChI is InChI=1S/C30H58N3O4.C17H35.U/c1-3-5-6-7-10-16-21-28-36-30(35)22-17-12-11-14-19-25-33(26-23-29(37-31)32-4-2)24-18-13-8-9-15-20-27-34;1-3-5-7-9-11-13-15-17-16-14-12-10-8-6-4-2;/h3-26,28,31H2,1-2H3;17H,3-16H2,1-2H3;/q2*-1;+2. The molecule has 0 aliphatic rings. The summed E-state index contributed by atoms with van der Waals surface area (Å²) < 4.78 is 5.38. The van der Waals surface area contributed by atoms with Crippen molar-refractivity contribution in [2.75, 3.05) is 32.8 Å². The Balaban J connectivity index is -0.00000126. The number of aliphatic imine (C=N–C) groups is 1. The van der Waals surface area contributed by atoms with Gasteiger partial charge in [-0.1, -0.05) is 181 Å². The molecule has 0 saturated carbocycles. The van der Waals surface area contributed by atoms with E-state index in [2.05, 4.69) is 37.1 Å². The Hall–Kier alpha value is -0.418. The zero-order valence-electron chi connectivity index (χ0n) is 37.3. The molecule has 0 aromatic carbocycles. The van der Waals surface area contributed by atoms with Crippen LogP contribution in [0.15, 0.2) is 4.99 Å². The Morgan fingerprint density at radius 3 is 1.47 bits per heavy atom. The second kappa shape index (κ2) is 53.6. The van der Waals surface area contributed by atoms with E-state index in [9.17, 15) is 9.59 Å². The maximum absolute atomic E-state index is 11.9. The first-order valence-corrected chi connectivity index (χ1v) is 23.5. The number of nitrogens with zero attached hydrogens (tertiary/aromatic N) is 2. The minimum absolute atomic E-state index is 0. The minimum atomic E-state index is -0.0341. The summed E-state index contributed by atoms with van der Waals surface area (Å²) in [7, 11) is 0. The molecule has 0 spiro atoms. The van der Waals surface area contributed by atoms with E-state index in [0.717, 1.165) is 77.4 Å². The monoisotopic (exact) mass is 1000 g/mol. The minimum Gasteiger partial charge on any atom is -0.542 e. The number of hydrogen-bond donors (Lipinski definition) is 1. The van der Waals surface area contributed by atoms with Gasteiger partial charge >= 0.3 is 37.1 Å². The Labute approximate surface area is 367 Å². The fourth-order valence-electron chi connectivity index (χ4n) is 6.74. The maximum Gasteiger partial charge on any atom is 2.00 e. The van der Waals surface area contributed by atoms with Crippen molar-refractivity contribution in [3.05, 3.63) is 6.42 Å². The van der Waals surface area contributed by atoms with Crippen LogP contribution in [0, 0.1) is 37.5 Å². The van der Waals surface area contributed by atoms with E-state index in [4.69, 9.17) is 15.5 Å². The van der Waals surface area contributed by atoms with Gasteiger partial charge in [-0.2, -0.15) is 25.2 Å². The Kier molecular flexibility index (Phi) is 57.4. The molecule has 0 radical (unpaired) electrons. The Morgan fingerprint density at radius 1 is 0.564 bits per heavy atom. The third-order valence-corrected chi connectivity index (χ3v) is 10.3. The summed E-state index contributed by atoms with van der Waals surface area (Å²) in [6.45, 7) is 13.1. The molecule has 0 rings (SSSR count). The van der Waals surface area contributed by atoms with Crippen LogP contribution in [0.4, 0.5) is 0 Å². The molecule has 0 saturated heterocycles. The molecule has 0 unspecified atom stereocenters. The molecular formula is C47H93N3O4U. The van der Waals surface area contributed by atoms with E-state index in [1.54, 1.807) is 0 Å². The third-order valence-electron chi connectivity index (χ3n) is 10.3. The first kappa shape index (κ1) is 58.9. The van der Waals surface area contributed by atoms with Crippen LogP contribution in [0.1, 0.15) is 246 Å². The van der Waals surface area contributed by atoms with Crippen molar-refractivity contribution in [2.45, 2.75) is 246 Å². The fraction of sp³-hybridized carbons (Fsp3) is 0.915. The molecule has 0 fully saturated rings. The van der Waals surface area contributed by atoms with Crippen LogP contribution in [0.25, 0.3) is 0 Å². The van der Waals surface area contributed by atoms with Crippen LogP contribution in [-0.2, 0) is 19.2 Å². The maximum atomic E-state index is 11.9. The quantitative estimate of drug-likeness (QED) is 0.0163.